The summed E-state index contributed by atoms with van der Waals surface area (Å²) in [5, 5.41) is 3.26. The fourth-order valence-corrected chi connectivity index (χ4v) is 3.12. The summed E-state index contributed by atoms with van der Waals surface area (Å²) in [6.45, 7) is 10.5. The monoisotopic (exact) mass is 374 g/mol. The zero-order valence-corrected chi connectivity index (χ0v) is 17.1. The highest BCUT2D eigenvalue weighted by Gasteiger charge is 2.19. The van der Waals surface area contributed by atoms with Gasteiger partial charge in [0.2, 0.25) is 5.95 Å². The molecule has 0 aliphatic heterocycles. The molecule has 5 nitrogen and oxygen atoms in total. The molecule has 0 spiro atoms. The Morgan fingerprint density at radius 1 is 1.00 bits per heavy atom. The fourth-order valence-electron chi connectivity index (χ4n) is 3.12. The molecule has 5 heteroatoms. The van der Waals surface area contributed by atoms with E-state index in [-0.39, 0.29) is 5.91 Å². The van der Waals surface area contributed by atoms with Gasteiger partial charge in [0, 0.05) is 23.6 Å². The van der Waals surface area contributed by atoms with Gasteiger partial charge in [0.1, 0.15) is 5.69 Å². The van der Waals surface area contributed by atoms with Crippen LogP contribution >= 0.6 is 0 Å². The molecule has 0 fully saturated rings. The minimum atomic E-state index is -0.136. The van der Waals surface area contributed by atoms with Crippen molar-refractivity contribution in [2.24, 2.45) is 0 Å². The molecule has 1 amide bonds. The van der Waals surface area contributed by atoms with Crippen LogP contribution in [0.25, 0.3) is 0 Å². The molecule has 3 aromatic rings. The van der Waals surface area contributed by atoms with Crippen molar-refractivity contribution >= 4 is 23.2 Å². The number of aryl methyl sites for hydroxylation is 3. The number of nitrogens with zero attached hydrogens (tertiary/aromatic N) is 3. The summed E-state index contributed by atoms with van der Waals surface area (Å²) < 4.78 is 0. The van der Waals surface area contributed by atoms with Crippen molar-refractivity contribution in [3.8, 4) is 0 Å². The maximum atomic E-state index is 13.2. The molecule has 0 unspecified atom stereocenters. The Bertz CT molecular complexity index is 1010. The van der Waals surface area contributed by atoms with Crippen molar-refractivity contribution in [1.29, 1.82) is 0 Å². The van der Waals surface area contributed by atoms with Crippen molar-refractivity contribution in [1.82, 2.24) is 9.97 Å². The van der Waals surface area contributed by atoms with Crippen molar-refractivity contribution in [2.75, 3.05) is 16.8 Å². The van der Waals surface area contributed by atoms with Gasteiger partial charge >= 0.3 is 0 Å². The number of rotatable bonds is 5. The summed E-state index contributed by atoms with van der Waals surface area (Å²) in [6.07, 6.45) is 0. The molecule has 1 N–H and O–H groups in total. The van der Waals surface area contributed by atoms with Gasteiger partial charge < -0.3 is 10.2 Å². The molecule has 0 saturated carbocycles. The SMILES string of the molecule is CCN(C(=O)c1cc(C)nc(Nc2cccc(C)c2C)n1)c1cccc(C)c1. The van der Waals surface area contributed by atoms with Crippen LogP contribution in [0.1, 0.15) is 39.8 Å². The fraction of sp³-hybridized carbons (Fsp3) is 0.261. The van der Waals surface area contributed by atoms with Crippen LogP contribution in [0.2, 0.25) is 0 Å². The molecule has 1 aromatic heterocycles. The number of carbonyl (C=O) groups is 1. The summed E-state index contributed by atoms with van der Waals surface area (Å²) in [5.41, 5.74) is 6.36. The number of benzene rings is 2. The van der Waals surface area contributed by atoms with Gasteiger partial charge in [0.15, 0.2) is 0 Å². The molecule has 0 aliphatic carbocycles. The Hall–Kier alpha value is -3.21. The van der Waals surface area contributed by atoms with E-state index in [1.807, 2.05) is 57.2 Å². The van der Waals surface area contributed by atoms with Crippen LogP contribution < -0.4 is 10.2 Å². The quantitative estimate of drug-likeness (QED) is 0.673. The topological polar surface area (TPSA) is 58.1 Å². The van der Waals surface area contributed by atoms with Gasteiger partial charge in [-0.15, -0.1) is 0 Å². The number of hydrogen-bond donors (Lipinski definition) is 1. The maximum Gasteiger partial charge on any atom is 0.277 e. The molecular formula is C23H26N4O. The third-order valence-corrected chi connectivity index (χ3v) is 4.80. The molecule has 0 atom stereocenters. The second kappa shape index (κ2) is 8.21. The van der Waals surface area contributed by atoms with E-state index in [2.05, 4.69) is 35.2 Å². The number of hydrogen-bond acceptors (Lipinski definition) is 4. The minimum Gasteiger partial charge on any atom is -0.324 e. The van der Waals surface area contributed by atoms with Gasteiger partial charge in [-0.3, -0.25) is 4.79 Å². The van der Waals surface area contributed by atoms with E-state index >= 15 is 0 Å². The summed E-state index contributed by atoms with van der Waals surface area (Å²) in [5.74, 6) is 0.292. The Morgan fingerprint density at radius 2 is 1.75 bits per heavy atom. The first-order valence-corrected chi connectivity index (χ1v) is 9.46. The largest absolute Gasteiger partial charge is 0.324 e. The highest BCUT2D eigenvalue weighted by atomic mass is 16.2. The smallest absolute Gasteiger partial charge is 0.277 e. The second-order valence-electron chi connectivity index (χ2n) is 6.98. The van der Waals surface area contributed by atoms with Crippen LogP contribution in [0, 0.1) is 27.7 Å². The predicted molar refractivity (Wildman–Crippen MR) is 114 cm³/mol. The van der Waals surface area contributed by atoms with E-state index in [0.717, 1.165) is 28.2 Å². The van der Waals surface area contributed by atoms with Crippen molar-refractivity contribution < 1.29 is 4.79 Å². The first-order chi connectivity index (χ1) is 13.4. The van der Waals surface area contributed by atoms with E-state index in [0.29, 0.717) is 18.2 Å². The predicted octanol–water partition coefficient (Wildman–Crippen LogP) is 5.12. The van der Waals surface area contributed by atoms with Crippen molar-refractivity contribution in [3.63, 3.8) is 0 Å². The van der Waals surface area contributed by atoms with Crippen LogP contribution in [0.3, 0.4) is 0 Å². The van der Waals surface area contributed by atoms with E-state index < -0.39 is 0 Å². The van der Waals surface area contributed by atoms with Crippen LogP contribution in [0.5, 0.6) is 0 Å². The summed E-state index contributed by atoms with van der Waals surface area (Å²) in [7, 11) is 0. The van der Waals surface area contributed by atoms with Gasteiger partial charge in [-0.25, -0.2) is 9.97 Å². The lowest BCUT2D eigenvalue weighted by Gasteiger charge is -2.21. The van der Waals surface area contributed by atoms with Crippen LogP contribution in [-0.4, -0.2) is 22.4 Å². The van der Waals surface area contributed by atoms with E-state index in [1.165, 1.54) is 5.56 Å². The highest BCUT2D eigenvalue weighted by Crippen LogP contribution is 2.22. The molecule has 3 rings (SSSR count). The van der Waals surface area contributed by atoms with Crippen LogP contribution in [0.4, 0.5) is 17.3 Å². The summed E-state index contributed by atoms with van der Waals surface area (Å²) in [6, 6.07) is 15.7. The van der Waals surface area contributed by atoms with E-state index in [4.69, 9.17) is 0 Å². The standard InChI is InChI=1S/C23H26N4O/c1-6-27(19-11-7-9-15(2)13-19)22(28)21-14-17(4)24-23(26-21)25-20-12-8-10-16(3)18(20)5/h7-14H,6H2,1-5H3,(H,24,25,26). The average molecular weight is 374 g/mol. The Morgan fingerprint density at radius 3 is 2.46 bits per heavy atom. The maximum absolute atomic E-state index is 13.2. The lowest BCUT2D eigenvalue weighted by Crippen LogP contribution is -2.31. The first-order valence-electron chi connectivity index (χ1n) is 9.46. The van der Waals surface area contributed by atoms with Gasteiger partial charge in [0.05, 0.1) is 0 Å². The lowest BCUT2D eigenvalue weighted by atomic mass is 10.1. The Balaban J connectivity index is 1.94. The number of amides is 1. The van der Waals surface area contributed by atoms with Gasteiger partial charge in [-0.1, -0.05) is 24.3 Å². The van der Waals surface area contributed by atoms with Crippen molar-refractivity contribution in [3.05, 3.63) is 76.6 Å². The molecule has 28 heavy (non-hydrogen) atoms. The van der Waals surface area contributed by atoms with E-state index in [9.17, 15) is 4.79 Å². The molecule has 144 valence electrons. The van der Waals surface area contributed by atoms with Gasteiger partial charge in [0.25, 0.3) is 5.91 Å². The number of anilines is 3. The summed E-state index contributed by atoms with van der Waals surface area (Å²) in [4.78, 5) is 23.9. The normalized spacial score (nSPS) is 10.6. The van der Waals surface area contributed by atoms with Crippen LogP contribution in [0.15, 0.2) is 48.5 Å². The Kier molecular flexibility index (Phi) is 5.73. The Labute approximate surface area is 166 Å². The number of carbonyl (C=O) groups excluding carboxylic acids is 1. The zero-order valence-electron chi connectivity index (χ0n) is 17.1. The number of nitrogens with one attached hydrogen (secondary N) is 1. The second-order valence-corrected chi connectivity index (χ2v) is 6.98. The highest BCUT2D eigenvalue weighted by molar-refractivity contribution is 6.05. The lowest BCUT2D eigenvalue weighted by molar-refractivity contribution is 0.0983. The average Bonchev–Trinajstić information content (AvgIpc) is 2.65. The van der Waals surface area contributed by atoms with Crippen LogP contribution in [-0.2, 0) is 0 Å². The zero-order chi connectivity index (χ0) is 20.3. The molecule has 2 aromatic carbocycles. The van der Waals surface area contributed by atoms with Crippen molar-refractivity contribution in [2.45, 2.75) is 34.6 Å². The van der Waals surface area contributed by atoms with Gasteiger partial charge in [-0.05, 0) is 75.6 Å². The molecule has 0 saturated heterocycles. The molecule has 0 bridgehead atoms. The van der Waals surface area contributed by atoms with E-state index in [1.54, 1.807) is 11.0 Å². The third kappa shape index (κ3) is 4.19. The molecule has 1 heterocycles. The molecular weight excluding hydrogens is 348 g/mol. The minimum absolute atomic E-state index is 0.136. The van der Waals surface area contributed by atoms with Gasteiger partial charge in [-0.2, -0.15) is 0 Å². The third-order valence-electron chi connectivity index (χ3n) is 4.80. The first kappa shape index (κ1) is 19.5. The molecule has 0 radical (unpaired) electrons. The number of aromatic nitrogens is 2. The molecule has 0 aliphatic rings. The summed E-state index contributed by atoms with van der Waals surface area (Å²) >= 11 is 0.